The first-order chi connectivity index (χ1) is 13.9. The Morgan fingerprint density at radius 3 is 2.00 bits per heavy atom. The summed E-state index contributed by atoms with van der Waals surface area (Å²) >= 11 is 0. The molecule has 2 aromatic rings. The van der Waals surface area contributed by atoms with Crippen LogP contribution in [0.5, 0.6) is 0 Å². The Morgan fingerprint density at radius 2 is 1.52 bits per heavy atom. The minimum absolute atomic E-state index is 0.0908. The number of benzene rings is 2. The van der Waals surface area contributed by atoms with Gasteiger partial charge in [0, 0.05) is 0 Å². The quantitative estimate of drug-likeness (QED) is 0.487. The van der Waals surface area contributed by atoms with Crippen molar-refractivity contribution in [1.29, 1.82) is 0 Å². The van der Waals surface area contributed by atoms with E-state index in [0.717, 1.165) is 5.56 Å². The summed E-state index contributed by atoms with van der Waals surface area (Å²) in [5.74, 6) is -2.09. The molecule has 0 amide bonds. The molecule has 6 nitrogen and oxygen atoms in total. The second-order valence-electron chi connectivity index (χ2n) is 6.12. The van der Waals surface area contributed by atoms with E-state index in [1.807, 2.05) is 48.5 Å². The molecule has 29 heavy (non-hydrogen) atoms. The molecular formula is C23H28O6. The third-order valence-electron chi connectivity index (χ3n) is 4.02. The van der Waals surface area contributed by atoms with Crippen LogP contribution in [-0.4, -0.2) is 34.9 Å². The van der Waals surface area contributed by atoms with Crippen LogP contribution in [0.4, 0.5) is 0 Å². The van der Waals surface area contributed by atoms with E-state index in [9.17, 15) is 14.7 Å². The number of aliphatic carboxylic acids is 1. The van der Waals surface area contributed by atoms with Gasteiger partial charge in [-0.05, 0) is 31.0 Å². The van der Waals surface area contributed by atoms with Gasteiger partial charge in [-0.15, -0.1) is 0 Å². The molecule has 2 aromatic carbocycles. The molecule has 2 N–H and O–H groups in total. The summed E-state index contributed by atoms with van der Waals surface area (Å²) in [5.41, 5.74) is 1.54. The van der Waals surface area contributed by atoms with Gasteiger partial charge in [-0.2, -0.15) is 0 Å². The van der Waals surface area contributed by atoms with E-state index >= 15 is 0 Å². The van der Waals surface area contributed by atoms with Gasteiger partial charge in [0.1, 0.15) is 18.5 Å². The topological polar surface area (TPSA) is 93.1 Å². The molecule has 156 valence electrons. The molecule has 2 rings (SSSR count). The van der Waals surface area contributed by atoms with Crippen molar-refractivity contribution in [3.05, 3.63) is 84.1 Å². The summed E-state index contributed by atoms with van der Waals surface area (Å²) in [6.45, 7) is 7.77. The summed E-state index contributed by atoms with van der Waals surface area (Å²) in [6, 6.07) is 18.4. The number of esters is 1. The summed E-state index contributed by atoms with van der Waals surface area (Å²) < 4.78 is 10.1. The largest absolute Gasteiger partial charge is 0.491 e. The Hall–Kier alpha value is -3.12. The van der Waals surface area contributed by atoms with Crippen LogP contribution in [-0.2, 0) is 20.9 Å². The van der Waals surface area contributed by atoms with Gasteiger partial charge in [0.15, 0.2) is 0 Å². The van der Waals surface area contributed by atoms with Crippen LogP contribution in [0, 0.1) is 5.92 Å². The molecule has 0 spiro atoms. The van der Waals surface area contributed by atoms with Crippen LogP contribution in [0.2, 0.25) is 0 Å². The summed E-state index contributed by atoms with van der Waals surface area (Å²) in [7, 11) is 0. The first-order valence-electron chi connectivity index (χ1n) is 9.39. The Balaban J connectivity index is 0.000000326. The SMILES string of the molecule is C=C(OCc1ccccc1)C(O)C(CC)C(=O)O.CCOC(=O)c1ccccc1. The summed E-state index contributed by atoms with van der Waals surface area (Å²) in [5, 5.41) is 18.7. The number of ether oxygens (including phenoxy) is 2. The van der Waals surface area contributed by atoms with Crippen LogP contribution >= 0.6 is 0 Å². The van der Waals surface area contributed by atoms with E-state index in [-0.39, 0.29) is 18.3 Å². The minimum Gasteiger partial charge on any atom is -0.491 e. The van der Waals surface area contributed by atoms with Gasteiger partial charge >= 0.3 is 11.9 Å². The number of carbonyl (C=O) groups is 2. The number of carboxylic acid groups (broad SMARTS) is 1. The van der Waals surface area contributed by atoms with Crippen LogP contribution in [0.15, 0.2) is 73.0 Å². The fraction of sp³-hybridized carbons (Fsp3) is 0.304. The standard InChI is InChI=1S/C14H18O4.C9H10O2/c1-3-12(14(16)17)13(15)10(2)18-9-11-7-5-4-6-8-11;1-2-11-9(10)8-6-4-3-5-7-8/h4-8,12-13,15H,2-3,9H2,1H3,(H,16,17);3-7H,2H2,1H3. The first kappa shape index (κ1) is 23.9. The minimum atomic E-state index is -1.18. The van der Waals surface area contributed by atoms with Gasteiger partial charge in [-0.1, -0.05) is 62.0 Å². The molecule has 0 saturated carbocycles. The van der Waals surface area contributed by atoms with Gasteiger partial charge in [-0.3, -0.25) is 4.79 Å². The van der Waals surface area contributed by atoms with E-state index in [0.29, 0.717) is 18.6 Å². The molecule has 2 unspecified atom stereocenters. The van der Waals surface area contributed by atoms with Gasteiger partial charge in [0.2, 0.25) is 0 Å². The maximum absolute atomic E-state index is 11.0. The van der Waals surface area contributed by atoms with E-state index in [2.05, 4.69) is 6.58 Å². The second kappa shape index (κ2) is 13.1. The maximum Gasteiger partial charge on any atom is 0.338 e. The number of aliphatic hydroxyl groups is 1. The molecule has 0 aliphatic carbocycles. The third-order valence-corrected chi connectivity index (χ3v) is 4.02. The summed E-state index contributed by atoms with van der Waals surface area (Å²) in [4.78, 5) is 21.9. The fourth-order valence-electron chi connectivity index (χ4n) is 2.38. The third kappa shape index (κ3) is 8.62. The van der Waals surface area contributed by atoms with E-state index < -0.39 is 18.0 Å². The Labute approximate surface area is 171 Å². The van der Waals surface area contributed by atoms with Crippen molar-refractivity contribution in [3.8, 4) is 0 Å². The van der Waals surface area contributed by atoms with E-state index in [1.165, 1.54) is 0 Å². The highest BCUT2D eigenvalue weighted by molar-refractivity contribution is 5.89. The Bertz CT molecular complexity index is 757. The van der Waals surface area contributed by atoms with Crippen molar-refractivity contribution in [2.75, 3.05) is 6.61 Å². The Kier molecular flexibility index (Phi) is 10.8. The molecular weight excluding hydrogens is 372 g/mol. The molecule has 0 aliphatic rings. The first-order valence-corrected chi connectivity index (χ1v) is 9.39. The molecule has 0 heterocycles. The average Bonchev–Trinajstić information content (AvgIpc) is 2.74. The number of hydrogen-bond donors (Lipinski definition) is 2. The predicted octanol–water partition coefficient (Wildman–Crippen LogP) is 4.05. The fourth-order valence-corrected chi connectivity index (χ4v) is 2.38. The number of carboxylic acids is 1. The molecule has 0 bridgehead atoms. The van der Waals surface area contributed by atoms with E-state index in [1.54, 1.807) is 26.0 Å². The lowest BCUT2D eigenvalue weighted by Gasteiger charge is -2.20. The van der Waals surface area contributed by atoms with Crippen molar-refractivity contribution >= 4 is 11.9 Å². The van der Waals surface area contributed by atoms with Crippen molar-refractivity contribution < 1.29 is 29.3 Å². The van der Waals surface area contributed by atoms with Gasteiger partial charge in [0.25, 0.3) is 0 Å². The number of carbonyl (C=O) groups excluding carboxylic acids is 1. The van der Waals surface area contributed by atoms with Gasteiger partial charge in [0.05, 0.1) is 18.1 Å². The van der Waals surface area contributed by atoms with Gasteiger partial charge in [-0.25, -0.2) is 4.79 Å². The van der Waals surface area contributed by atoms with Crippen LogP contribution in [0.25, 0.3) is 0 Å². The Morgan fingerprint density at radius 1 is 0.966 bits per heavy atom. The molecule has 6 heteroatoms. The zero-order valence-electron chi connectivity index (χ0n) is 16.8. The number of rotatable bonds is 9. The molecule has 0 aliphatic heterocycles. The highest BCUT2D eigenvalue weighted by Gasteiger charge is 2.27. The van der Waals surface area contributed by atoms with Gasteiger partial charge < -0.3 is 19.7 Å². The molecule has 2 atom stereocenters. The summed E-state index contributed by atoms with van der Waals surface area (Å²) in [6.07, 6.45) is -0.860. The van der Waals surface area contributed by atoms with Crippen molar-refractivity contribution in [1.82, 2.24) is 0 Å². The van der Waals surface area contributed by atoms with Crippen LogP contribution in [0.3, 0.4) is 0 Å². The zero-order valence-corrected chi connectivity index (χ0v) is 16.8. The monoisotopic (exact) mass is 400 g/mol. The normalized spacial score (nSPS) is 12.0. The number of aliphatic hydroxyl groups excluding tert-OH is 1. The highest BCUT2D eigenvalue weighted by Crippen LogP contribution is 2.17. The predicted molar refractivity (Wildman–Crippen MR) is 110 cm³/mol. The van der Waals surface area contributed by atoms with Crippen molar-refractivity contribution in [2.24, 2.45) is 5.92 Å². The molecule has 0 saturated heterocycles. The molecule has 0 radical (unpaired) electrons. The van der Waals surface area contributed by atoms with Crippen molar-refractivity contribution in [3.63, 3.8) is 0 Å². The highest BCUT2D eigenvalue weighted by atomic mass is 16.5. The molecule has 0 fully saturated rings. The molecule has 0 aromatic heterocycles. The van der Waals surface area contributed by atoms with Crippen molar-refractivity contribution in [2.45, 2.75) is 33.0 Å². The lowest BCUT2D eigenvalue weighted by atomic mass is 9.99. The smallest absolute Gasteiger partial charge is 0.338 e. The lowest BCUT2D eigenvalue weighted by Crippen LogP contribution is -2.29. The zero-order chi connectivity index (χ0) is 21.6. The second-order valence-corrected chi connectivity index (χ2v) is 6.12. The average molecular weight is 400 g/mol. The van der Waals surface area contributed by atoms with Crippen LogP contribution < -0.4 is 0 Å². The maximum atomic E-state index is 11.0. The number of hydrogen-bond acceptors (Lipinski definition) is 5. The van der Waals surface area contributed by atoms with E-state index in [4.69, 9.17) is 14.6 Å². The van der Waals surface area contributed by atoms with Crippen LogP contribution in [0.1, 0.15) is 36.2 Å². The lowest BCUT2D eigenvalue weighted by molar-refractivity contribution is -0.145.